The highest BCUT2D eigenvalue weighted by Gasteiger charge is 2.42. The van der Waals surface area contributed by atoms with Crippen molar-refractivity contribution < 1.29 is 32.3 Å². The molecule has 3 atom stereocenters. The van der Waals surface area contributed by atoms with E-state index < -0.39 is 18.1 Å². The number of likely N-dealkylation sites (tertiary alicyclic amines) is 1. The maximum Gasteiger partial charge on any atom is 0.470 e. The van der Waals surface area contributed by atoms with Crippen molar-refractivity contribution in [2.75, 3.05) is 13.1 Å². The van der Waals surface area contributed by atoms with Crippen LogP contribution in [-0.2, 0) is 19.1 Å². The molecule has 1 aliphatic heterocycles. The quantitative estimate of drug-likeness (QED) is 0.346. The molecule has 3 N–H and O–H groups in total. The lowest BCUT2D eigenvalue weighted by atomic mass is 9.84. The lowest BCUT2D eigenvalue weighted by Crippen LogP contribution is -2.33. The first-order chi connectivity index (χ1) is 20.0. The number of hydrogen-bond donors (Lipinski definition) is 2. The number of fused-ring (bicyclic) bond motifs is 1. The maximum atomic E-state index is 12.2. The van der Waals surface area contributed by atoms with Gasteiger partial charge in [-0.25, -0.2) is 0 Å². The number of carbonyl (C=O) groups is 3. The van der Waals surface area contributed by atoms with Crippen LogP contribution in [0, 0.1) is 34.5 Å². The van der Waals surface area contributed by atoms with Gasteiger partial charge in [-0.3, -0.25) is 14.4 Å². The van der Waals surface area contributed by atoms with Gasteiger partial charge in [-0.15, -0.1) is 17.3 Å². The van der Waals surface area contributed by atoms with E-state index in [1.54, 1.807) is 13.1 Å². The van der Waals surface area contributed by atoms with Gasteiger partial charge in [-0.05, 0) is 44.9 Å². The van der Waals surface area contributed by atoms with Gasteiger partial charge < -0.3 is 20.7 Å². The number of nitrogens with two attached hydrogens (primary N) is 1. The molecule has 3 amide bonds. The minimum absolute atomic E-state index is 0.0454. The highest BCUT2D eigenvalue weighted by atomic mass is 32.1. The highest BCUT2D eigenvalue weighted by molar-refractivity contribution is 7.17. The van der Waals surface area contributed by atoms with Crippen molar-refractivity contribution in [3.8, 4) is 17.9 Å². The molecule has 2 aliphatic rings. The fourth-order valence-electron chi connectivity index (χ4n) is 4.28. The van der Waals surface area contributed by atoms with Crippen LogP contribution >= 0.6 is 11.3 Å². The lowest BCUT2D eigenvalue weighted by molar-refractivity contribution is -0.169. The molecule has 2 aromatic heterocycles. The molecule has 43 heavy (non-hydrogen) atoms. The van der Waals surface area contributed by atoms with Crippen LogP contribution in [0.1, 0.15) is 78.1 Å². The minimum Gasteiger partial charge on any atom is -0.372 e. The molecule has 0 radical (unpaired) electrons. The number of aromatic nitrogens is 2. The lowest BCUT2D eigenvalue weighted by Gasteiger charge is -2.23. The van der Waals surface area contributed by atoms with Crippen LogP contribution in [0.4, 0.5) is 13.2 Å². The Hall–Kier alpha value is -3.75. The van der Waals surface area contributed by atoms with Crippen molar-refractivity contribution in [3.05, 3.63) is 22.8 Å². The van der Waals surface area contributed by atoms with Crippen LogP contribution in [-0.4, -0.2) is 64.3 Å². The summed E-state index contributed by atoms with van der Waals surface area (Å²) in [6.07, 6.45) is 0.0897. The van der Waals surface area contributed by atoms with Gasteiger partial charge in [0.05, 0.1) is 35.1 Å². The summed E-state index contributed by atoms with van der Waals surface area (Å²) in [6.45, 7) is 14.4. The van der Waals surface area contributed by atoms with Crippen LogP contribution in [0.25, 0.3) is 10.1 Å². The van der Waals surface area contributed by atoms with E-state index in [9.17, 15) is 22.8 Å². The van der Waals surface area contributed by atoms with Crippen molar-refractivity contribution >= 4 is 39.6 Å². The summed E-state index contributed by atoms with van der Waals surface area (Å²) >= 11 is 1.48. The largest absolute Gasteiger partial charge is 0.470 e. The van der Waals surface area contributed by atoms with Crippen molar-refractivity contribution in [2.45, 2.75) is 84.7 Å². The average molecular weight is 623 g/mol. The molecule has 1 saturated carbocycles. The molecule has 2 fully saturated rings. The second-order valence-corrected chi connectivity index (χ2v) is 12.4. The number of rotatable bonds is 7. The molecule has 1 saturated heterocycles. The Kier molecular flexibility index (Phi) is 12.1. The molecule has 3 heterocycles. The third-order valence-corrected chi connectivity index (χ3v) is 8.19. The molecule has 234 valence electrons. The predicted octanol–water partition coefficient (Wildman–Crippen LogP) is 4.25. The molecular formula is C29H37F3N6O4S. The van der Waals surface area contributed by atoms with Gasteiger partial charge in [0.25, 0.3) is 0 Å². The molecule has 4 rings (SSSR count). The van der Waals surface area contributed by atoms with E-state index in [1.165, 1.54) is 11.3 Å². The normalized spacial score (nSPS) is 19.2. The van der Waals surface area contributed by atoms with E-state index in [-0.39, 0.29) is 23.0 Å². The monoisotopic (exact) mass is 622 g/mol. The van der Waals surface area contributed by atoms with Crippen molar-refractivity contribution in [1.82, 2.24) is 20.4 Å². The topological polar surface area (TPSA) is 151 Å². The first-order valence-corrected chi connectivity index (χ1v) is 14.4. The third kappa shape index (κ3) is 10.2. The number of thiophene rings is 1. The molecule has 0 spiro atoms. The van der Waals surface area contributed by atoms with E-state index in [0.29, 0.717) is 24.4 Å². The molecule has 1 aliphatic carbocycles. The average Bonchev–Trinajstić information content (AvgIpc) is 3.37. The van der Waals surface area contributed by atoms with Gasteiger partial charge in [-0.1, -0.05) is 26.7 Å². The number of nitriles is 1. The number of amides is 3. The molecule has 10 nitrogen and oxygen atoms in total. The van der Waals surface area contributed by atoms with Gasteiger partial charge in [0.15, 0.2) is 6.04 Å². The van der Waals surface area contributed by atoms with Crippen molar-refractivity contribution in [1.29, 1.82) is 5.26 Å². The van der Waals surface area contributed by atoms with Gasteiger partial charge in [0, 0.05) is 29.4 Å². The first-order valence-electron chi connectivity index (χ1n) is 13.5. The van der Waals surface area contributed by atoms with E-state index in [1.807, 2.05) is 23.3 Å². The van der Waals surface area contributed by atoms with E-state index in [2.05, 4.69) is 60.8 Å². The molecule has 0 bridgehead atoms. The SMILES string of the molecule is CC#Cc1csc2cnnc(C(C#N)NC=O)c12.CC1CN(C(=O)C[C@@H](C)OC2(C)CC2)CC1(C)C.NC(=O)C(F)(F)F. The Morgan fingerprint density at radius 2 is 1.98 bits per heavy atom. The first kappa shape index (κ1) is 35.4. The Labute approximate surface area is 253 Å². The zero-order valence-corrected chi connectivity index (χ0v) is 25.9. The van der Waals surface area contributed by atoms with Gasteiger partial charge in [0.2, 0.25) is 12.3 Å². The smallest absolute Gasteiger partial charge is 0.372 e. The molecule has 2 unspecified atom stereocenters. The molecular weight excluding hydrogens is 585 g/mol. The van der Waals surface area contributed by atoms with Crippen molar-refractivity contribution in [3.63, 3.8) is 0 Å². The minimum atomic E-state index is -4.86. The van der Waals surface area contributed by atoms with Crippen LogP contribution in [0.3, 0.4) is 0 Å². The third-order valence-electron chi connectivity index (χ3n) is 7.27. The Morgan fingerprint density at radius 1 is 1.35 bits per heavy atom. The van der Waals surface area contributed by atoms with Crippen LogP contribution in [0.5, 0.6) is 0 Å². The number of hydrogen-bond acceptors (Lipinski definition) is 8. The number of nitrogens with one attached hydrogen (secondary N) is 1. The van der Waals surface area contributed by atoms with Gasteiger partial charge in [0.1, 0.15) is 5.69 Å². The van der Waals surface area contributed by atoms with Crippen LogP contribution < -0.4 is 11.1 Å². The molecule has 0 aromatic carbocycles. The number of nitrogens with zero attached hydrogens (tertiary/aromatic N) is 4. The Morgan fingerprint density at radius 3 is 2.44 bits per heavy atom. The summed E-state index contributed by atoms with van der Waals surface area (Å²) in [5.41, 5.74) is 5.36. The summed E-state index contributed by atoms with van der Waals surface area (Å²) in [7, 11) is 0. The molecule has 2 aromatic rings. The fraction of sp³-hybridized carbons (Fsp3) is 0.586. The zero-order valence-electron chi connectivity index (χ0n) is 25.0. The maximum absolute atomic E-state index is 12.2. The summed E-state index contributed by atoms with van der Waals surface area (Å²) in [5.74, 6) is 4.35. The predicted molar refractivity (Wildman–Crippen MR) is 155 cm³/mol. The highest BCUT2D eigenvalue weighted by Crippen LogP contribution is 2.40. The number of halogens is 3. The summed E-state index contributed by atoms with van der Waals surface area (Å²) in [4.78, 5) is 33.9. The van der Waals surface area contributed by atoms with E-state index >= 15 is 0 Å². The molecule has 14 heteroatoms. The summed E-state index contributed by atoms with van der Waals surface area (Å²) in [6, 6.07) is 1.17. The Bertz CT molecular complexity index is 1400. The second kappa shape index (κ2) is 14.6. The van der Waals surface area contributed by atoms with Crippen molar-refractivity contribution in [2.24, 2.45) is 17.1 Å². The van der Waals surface area contributed by atoms with E-state index in [0.717, 1.165) is 41.6 Å². The standard InChI is InChI=1S/C15H27NO2.C12H8N4OS.C2H2F3NO/c1-11-9-16(10-14(11,3)4)13(17)8-12(2)18-15(5)6-7-15;1-2-3-8-6-18-10-5-15-16-12(11(8)10)9(4-13)14-7-17;3-2(4,5)1(6)7/h11-12H,6-10H2,1-5H3;5-7,9H,1H3,(H,14,17);(H2,6,7)/t11?,12-;;/m1../s1. The summed E-state index contributed by atoms with van der Waals surface area (Å²) < 4.78 is 38.9. The summed E-state index contributed by atoms with van der Waals surface area (Å²) in [5, 5.41) is 21.9. The van der Waals surface area contributed by atoms with Gasteiger partial charge in [-0.2, -0.15) is 28.6 Å². The number of ether oxygens (including phenoxy) is 1. The number of carbonyl (C=O) groups excluding carboxylic acids is 3. The second-order valence-electron chi connectivity index (χ2n) is 11.4. The fourth-order valence-corrected chi connectivity index (χ4v) is 5.14. The Balaban J connectivity index is 0.000000247. The van der Waals surface area contributed by atoms with Gasteiger partial charge >= 0.3 is 12.1 Å². The van der Waals surface area contributed by atoms with Crippen LogP contribution in [0.15, 0.2) is 11.6 Å². The number of alkyl halides is 3. The van der Waals surface area contributed by atoms with E-state index in [4.69, 9.17) is 14.8 Å². The zero-order chi connectivity index (χ0) is 32.6. The van der Waals surface area contributed by atoms with Crippen LogP contribution in [0.2, 0.25) is 0 Å². The number of primary amides is 1.